The number of carbonyl (C=O) groups is 1. The number of aliphatic hydroxyl groups is 1. The van der Waals surface area contributed by atoms with Crippen molar-refractivity contribution in [1.82, 2.24) is 15.6 Å². The zero-order valence-electron chi connectivity index (χ0n) is 19.2. The van der Waals surface area contributed by atoms with Crippen LogP contribution in [0.5, 0.6) is 0 Å². The molecule has 9 heteroatoms. The molecule has 3 rings (SSSR count). The van der Waals surface area contributed by atoms with Gasteiger partial charge in [-0.3, -0.25) is 4.79 Å². The number of nitrogens with one attached hydrogen (secondary N) is 2. The lowest BCUT2D eigenvalue weighted by Crippen LogP contribution is -2.49. The van der Waals surface area contributed by atoms with Gasteiger partial charge in [0.2, 0.25) is 5.91 Å². The number of rotatable bonds is 12. The van der Waals surface area contributed by atoms with Crippen molar-refractivity contribution >= 4 is 29.0 Å². The van der Waals surface area contributed by atoms with E-state index in [2.05, 4.69) is 34.7 Å². The van der Waals surface area contributed by atoms with Crippen molar-refractivity contribution in [1.29, 1.82) is 0 Å². The Kier molecular flexibility index (Phi) is 10.0. The molecule has 2 aromatic carbocycles. The summed E-state index contributed by atoms with van der Waals surface area (Å²) in [4.78, 5) is 16.9. The number of amides is 1. The van der Waals surface area contributed by atoms with E-state index in [1.54, 1.807) is 0 Å². The second-order valence-electron chi connectivity index (χ2n) is 8.07. The van der Waals surface area contributed by atoms with Gasteiger partial charge in [-0.15, -0.1) is 11.3 Å². The van der Waals surface area contributed by atoms with E-state index in [1.165, 1.54) is 40.8 Å². The normalized spacial score (nSPS) is 13.0. The summed E-state index contributed by atoms with van der Waals surface area (Å²) in [5.74, 6) is -1.55. The topological polar surface area (TPSA) is 74.2 Å². The number of carbonyl (C=O) groups excluding carboxylic acids is 1. The van der Waals surface area contributed by atoms with Crippen LogP contribution in [0.1, 0.15) is 29.3 Å². The Morgan fingerprint density at radius 2 is 1.88 bits per heavy atom. The third kappa shape index (κ3) is 8.47. The highest BCUT2D eigenvalue weighted by Crippen LogP contribution is 2.22. The average molecular weight is 506 g/mol. The number of halogens is 2. The summed E-state index contributed by atoms with van der Waals surface area (Å²) >= 11 is 2.77. The van der Waals surface area contributed by atoms with Gasteiger partial charge in [0.15, 0.2) is 4.34 Å². The molecule has 0 saturated carbocycles. The molecule has 1 aromatic heterocycles. The number of benzene rings is 2. The van der Waals surface area contributed by atoms with Gasteiger partial charge in [0, 0.05) is 30.2 Å². The van der Waals surface area contributed by atoms with Crippen molar-refractivity contribution in [3.8, 4) is 0 Å². The molecule has 0 saturated heterocycles. The summed E-state index contributed by atoms with van der Waals surface area (Å²) in [6.45, 7) is 4.74. The fourth-order valence-corrected chi connectivity index (χ4v) is 5.17. The minimum Gasteiger partial charge on any atom is -0.390 e. The Bertz CT molecular complexity index is 1070. The van der Waals surface area contributed by atoms with E-state index in [9.17, 15) is 18.7 Å². The molecule has 2 atom stereocenters. The highest BCUT2D eigenvalue weighted by Gasteiger charge is 2.22. The van der Waals surface area contributed by atoms with Gasteiger partial charge in [0.25, 0.3) is 0 Å². The molecular formula is C25H29F2N3O2S2. The van der Waals surface area contributed by atoms with Crippen LogP contribution in [0.15, 0.2) is 52.2 Å². The van der Waals surface area contributed by atoms with Crippen molar-refractivity contribution in [3.63, 3.8) is 0 Å². The Hall–Kier alpha value is -2.33. The molecule has 3 aromatic rings. The van der Waals surface area contributed by atoms with Gasteiger partial charge in [-0.2, -0.15) is 0 Å². The van der Waals surface area contributed by atoms with Crippen LogP contribution in [0.3, 0.4) is 0 Å². The second kappa shape index (κ2) is 12.9. The van der Waals surface area contributed by atoms with Crippen molar-refractivity contribution in [2.75, 3.05) is 12.3 Å². The minimum absolute atomic E-state index is 0.0929. The summed E-state index contributed by atoms with van der Waals surface area (Å²) in [5, 5.41) is 18.8. The maximum absolute atomic E-state index is 13.7. The molecule has 1 amide bonds. The first-order valence-electron chi connectivity index (χ1n) is 11.1. The molecular weight excluding hydrogens is 476 g/mol. The predicted octanol–water partition coefficient (Wildman–Crippen LogP) is 4.26. The Balaban J connectivity index is 1.62. The van der Waals surface area contributed by atoms with E-state index in [-0.39, 0.29) is 24.6 Å². The molecule has 0 radical (unpaired) electrons. The average Bonchev–Trinajstić information content (AvgIpc) is 3.22. The van der Waals surface area contributed by atoms with Crippen LogP contribution >= 0.6 is 23.1 Å². The van der Waals surface area contributed by atoms with Crippen molar-refractivity contribution < 1.29 is 18.7 Å². The third-order valence-electron chi connectivity index (χ3n) is 5.20. The first-order chi connectivity index (χ1) is 16.3. The SMILES string of the molecule is CCc1cccc(CNCC(O)C(Cc2cc(F)cc(F)c2)NC(=O)CSc2nc(C)cs2)c1. The Morgan fingerprint density at radius 3 is 2.56 bits per heavy atom. The zero-order chi connectivity index (χ0) is 24.5. The summed E-state index contributed by atoms with van der Waals surface area (Å²) in [6.07, 6.45) is 0.0694. The number of aromatic nitrogens is 1. The number of thiazole rings is 1. The molecule has 182 valence electrons. The van der Waals surface area contributed by atoms with E-state index in [0.29, 0.717) is 12.1 Å². The van der Waals surface area contributed by atoms with Crippen LogP contribution in [-0.4, -0.2) is 40.4 Å². The molecule has 34 heavy (non-hydrogen) atoms. The fraction of sp³-hybridized carbons (Fsp3) is 0.360. The minimum atomic E-state index is -0.961. The van der Waals surface area contributed by atoms with Crippen LogP contribution in [0.25, 0.3) is 0 Å². The maximum atomic E-state index is 13.7. The molecule has 0 fully saturated rings. The van der Waals surface area contributed by atoms with E-state index >= 15 is 0 Å². The van der Waals surface area contributed by atoms with E-state index < -0.39 is 23.8 Å². The molecule has 1 heterocycles. The summed E-state index contributed by atoms with van der Waals surface area (Å²) in [7, 11) is 0. The van der Waals surface area contributed by atoms with Gasteiger partial charge in [-0.25, -0.2) is 13.8 Å². The Morgan fingerprint density at radius 1 is 1.15 bits per heavy atom. The van der Waals surface area contributed by atoms with Crippen LogP contribution in [-0.2, 0) is 24.2 Å². The summed E-state index contributed by atoms with van der Waals surface area (Å²) in [6, 6.07) is 10.7. The van der Waals surface area contributed by atoms with Crippen molar-refractivity contribution in [3.05, 3.63) is 81.9 Å². The molecule has 2 unspecified atom stereocenters. The van der Waals surface area contributed by atoms with Crippen LogP contribution in [0, 0.1) is 18.6 Å². The fourth-order valence-electron chi connectivity index (χ4n) is 3.51. The smallest absolute Gasteiger partial charge is 0.230 e. The Labute approximate surface area is 207 Å². The van der Waals surface area contributed by atoms with Crippen LogP contribution in [0.4, 0.5) is 8.78 Å². The summed E-state index contributed by atoms with van der Waals surface area (Å²) in [5.41, 5.74) is 3.58. The monoisotopic (exact) mass is 505 g/mol. The number of thioether (sulfide) groups is 1. The zero-order valence-corrected chi connectivity index (χ0v) is 20.8. The quantitative estimate of drug-likeness (QED) is 0.321. The number of hydrogen-bond acceptors (Lipinski definition) is 6. The number of nitrogens with zero attached hydrogens (tertiary/aromatic N) is 1. The first kappa shape index (κ1) is 26.3. The van der Waals surface area contributed by atoms with Gasteiger partial charge in [0.1, 0.15) is 11.6 Å². The summed E-state index contributed by atoms with van der Waals surface area (Å²) < 4.78 is 28.2. The molecule has 5 nitrogen and oxygen atoms in total. The number of aryl methyl sites for hydroxylation is 2. The van der Waals surface area contributed by atoms with Gasteiger partial charge < -0.3 is 15.7 Å². The number of hydrogen-bond donors (Lipinski definition) is 3. The predicted molar refractivity (Wildman–Crippen MR) is 133 cm³/mol. The second-order valence-corrected chi connectivity index (χ2v) is 10.2. The van der Waals surface area contributed by atoms with Crippen LogP contribution in [0.2, 0.25) is 0 Å². The lowest BCUT2D eigenvalue weighted by molar-refractivity contribution is -0.120. The van der Waals surface area contributed by atoms with Crippen molar-refractivity contribution in [2.45, 2.75) is 49.7 Å². The van der Waals surface area contributed by atoms with Gasteiger partial charge in [-0.1, -0.05) is 43.0 Å². The number of aliphatic hydroxyl groups excluding tert-OH is 1. The van der Waals surface area contributed by atoms with Gasteiger partial charge in [0.05, 0.1) is 17.9 Å². The van der Waals surface area contributed by atoms with Crippen molar-refractivity contribution in [2.24, 2.45) is 0 Å². The maximum Gasteiger partial charge on any atom is 0.230 e. The van der Waals surface area contributed by atoms with E-state index in [0.717, 1.165) is 28.1 Å². The first-order valence-corrected chi connectivity index (χ1v) is 12.9. The van der Waals surface area contributed by atoms with E-state index in [1.807, 2.05) is 24.4 Å². The molecule has 0 aliphatic heterocycles. The molecule has 3 N–H and O–H groups in total. The largest absolute Gasteiger partial charge is 0.390 e. The molecule has 0 aliphatic carbocycles. The van der Waals surface area contributed by atoms with Crippen LogP contribution < -0.4 is 10.6 Å². The lowest BCUT2D eigenvalue weighted by Gasteiger charge is -2.25. The highest BCUT2D eigenvalue weighted by atomic mass is 32.2. The van der Waals surface area contributed by atoms with Gasteiger partial charge in [-0.05, 0) is 48.6 Å². The van der Waals surface area contributed by atoms with E-state index in [4.69, 9.17) is 0 Å². The van der Waals surface area contributed by atoms with Gasteiger partial charge >= 0.3 is 0 Å². The lowest BCUT2D eigenvalue weighted by atomic mass is 10.0. The molecule has 0 aliphatic rings. The third-order valence-corrected chi connectivity index (χ3v) is 7.33. The molecule has 0 spiro atoms. The highest BCUT2D eigenvalue weighted by molar-refractivity contribution is 8.01. The standard InChI is InChI=1S/C25H29F2N3O2S2/c1-3-17-5-4-6-18(7-17)12-28-13-23(31)22(10-19-8-20(26)11-21(27)9-19)30-24(32)15-34-25-29-16(2)14-33-25/h4-9,11,14,22-23,28,31H,3,10,12-13,15H2,1-2H3,(H,30,32). The molecule has 0 bridgehead atoms.